The number of aryl methyl sites for hydroxylation is 1. The molecule has 0 bridgehead atoms. The summed E-state index contributed by atoms with van der Waals surface area (Å²) in [6.45, 7) is 0.428. The molecule has 4 nitrogen and oxygen atoms in total. The fourth-order valence-electron chi connectivity index (χ4n) is 2.29. The van der Waals surface area contributed by atoms with E-state index in [2.05, 4.69) is 10.3 Å². The van der Waals surface area contributed by atoms with E-state index in [1.54, 1.807) is 36.1 Å². The lowest BCUT2D eigenvalue weighted by Crippen LogP contribution is -2.24. The minimum absolute atomic E-state index is 0.189. The Labute approximate surface area is 121 Å². The number of fused-ring (bicyclic) bond motifs is 1. The molecule has 0 radical (unpaired) electrons. The monoisotopic (exact) mass is 283 g/mol. The van der Waals surface area contributed by atoms with Crippen molar-refractivity contribution in [2.24, 2.45) is 7.05 Å². The van der Waals surface area contributed by atoms with E-state index in [4.69, 9.17) is 0 Å². The van der Waals surface area contributed by atoms with Crippen molar-refractivity contribution in [2.75, 3.05) is 0 Å². The molecule has 3 rings (SSSR count). The molecule has 106 valence electrons. The van der Waals surface area contributed by atoms with E-state index in [0.717, 1.165) is 10.9 Å². The van der Waals surface area contributed by atoms with Crippen LogP contribution in [0.1, 0.15) is 16.1 Å². The maximum absolute atomic E-state index is 13.3. The van der Waals surface area contributed by atoms with Crippen LogP contribution in [-0.2, 0) is 13.6 Å². The molecular weight excluding hydrogens is 269 g/mol. The first-order valence-electron chi connectivity index (χ1n) is 6.57. The molecule has 0 unspecified atom stereocenters. The van der Waals surface area contributed by atoms with Gasteiger partial charge < -0.3 is 9.88 Å². The molecule has 21 heavy (non-hydrogen) atoms. The molecule has 0 fully saturated rings. The maximum atomic E-state index is 13.3. The van der Waals surface area contributed by atoms with E-state index in [1.165, 1.54) is 12.1 Å². The third kappa shape index (κ3) is 2.63. The molecule has 2 heterocycles. The van der Waals surface area contributed by atoms with Crippen LogP contribution in [0.2, 0.25) is 0 Å². The summed E-state index contributed by atoms with van der Waals surface area (Å²) in [6.07, 6.45) is 3.36. The van der Waals surface area contributed by atoms with Crippen LogP contribution in [0.5, 0.6) is 0 Å². The lowest BCUT2D eigenvalue weighted by Gasteiger charge is -2.06. The Kier molecular flexibility index (Phi) is 3.39. The van der Waals surface area contributed by atoms with Gasteiger partial charge in [0, 0.05) is 31.4 Å². The summed E-state index contributed by atoms with van der Waals surface area (Å²) in [6, 6.07) is 9.94. The number of hydrogen-bond acceptors (Lipinski definition) is 2. The highest BCUT2D eigenvalue weighted by Gasteiger charge is 2.13. The van der Waals surface area contributed by atoms with Gasteiger partial charge in [0.15, 0.2) is 0 Å². The molecular formula is C16H14FN3O. The SMILES string of the molecule is Cn1c(C(=O)NCc2ccncc2)cc2ccc(F)cc21. The molecule has 5 heteroatoms. The lowest BCUT2D eigenvalue weighted by atomic mass is 10.2. The van der Waals surface area contributed by atoms with Crippen LogP contribution >= 0.6 is 0 Å². The van der Waals surface area contributed by atoms with E-state index in [1.807, 2.05) is 12.1 Å². The zero-order valence-corrected chi connectivity index (χ0v) is 11.5. The quantitative estimate of drug-likeness (QED) is 0.803. The number of aromatic nitrogens is 2. The second-order valence-electron chi connectivity index (χ2n) is 4.83. The Bertz CT molecular complexity index is 796. The van der Waals surface area contributed by atoms with E-state index in [-0.39, 0.29) is 11.7 Å². The fourth-order valence-corrected chi connectivity index (χ4v) is 2.29. The Morgan fingerprint density at radius 2 is 2.00 bits per heavy atom. The van der Waals surface area contributed by atoms with Crippen molar-refractivity contribution in [3.63, 3.8) is 0 Å². The molecule has 0 atom stereocenters. The number of pyridine rings is 1. The van der Waals surface area contributed by atoms with Gasteiger partial charge in [-0.1, -0.05) is 0 Å². The first kappa shape index (κ1) is 13.3. The van der Waals surface area contributed by atoms with Gasteiger partial charge >= 0.3 is 0 Å². The zero-order chi connectivity index (χ0) is 14.8. The summed E-state index contributed by atoms with van der Waals surface area (Å²) in [5.74, 6) is -0.502. The van der Waals surface area contributed by atoms with E-state index < -0.39 is 0 Å². The van der Waals surface area contributed by atoms with Crippen molar-refractivity contribution >= 4 is 16.8 Å². The van der Waals surface area contributed by atoms with Crippen LogP contribution in [0.3, 0.4) is 0 Å². The molecule has 0 spiro atoms. The number of amides is 1. The molecule has 1 aromatic carbocycles. The van der Waals surface area contributed by atoms with E-state index in [9.17, 15) is 9.18 Å². The first-order valence-corrected chi connectivity index (χ1v) is 6.57. The summed E-state index contributed by atoms with van der Waals surface area (Å²) in [5, 5.41) is 3.69. The van der Waals surface area contributed by atoms with Crippen molar-refractivity contribution in [1.82, 2.24) is 14.9 Å². The molecule has 3 aromatic rings. The summed E-state index contributed by atoms with van der Waals surface area (Å²) < 4.78 is 15.0. The number of rotatable bonds is 3. The second kappa shape index (κ2) is 5.36. The van der Waals surface area contributed by atoms with Crippen LogP contribution in [0.4, 0.5) is 4.39 Å². The normalized spacial score (nSPS) is 10.8. The maximum Gasteiger partial charge on any atom is 0.268 e. The van der Waals surface area contributed by atoms with Gasteiger partial charge in [0.1, 0.15) is 11.5 Å². The van der Waals surface area contributed by atoms with Crippen molar-refractivity contribution in [1.29, 1.82) is 0 Å². The van der Waals surface area contributed by atoms with Crippen molar-refractivity contribution in [2.45, 2.75) is 6.54 Å². The smallest absolute Gasteiger partial charge is 0.268 e. The molecule has 0 aliphatic heterocycles. The van der Waals surface area contributed by atoms with Gasteiger partial charge in [-0.2, -0.15) is 0 Å². The third-order valence-corrected chi connectivity index (χ3v) is 3.44. The van der Waals surface area contributed by atoms with Gasteiger partial charge in [0.25, 0.3) is 5.91 Å². The highest BCUT2D eigenvalue weighted by atomic mass is 19.1. The van der Waals surface area contributed by atoms with Crippen LogP contribution < -0.4 is 5.32 Å². The standard InChI is InChI=1S/C16H14FN3O/c1-20-14-9-13(17)3-2-12(14)8-15(20)16(21)19-10-11-4-6-18-7-5-11/h2-9H,10H2,1H3,(H,19,21). The third-order valence-electron chi connectivity index (χ3n) is 3.44. The number of hydrogen-bond donors (Lipinski definition) is 1. The van der Waals surface area contributed by atoms with Crippen molar-refractivity contribution in [3.8, 4) is 0 Å². The largest absolute Gasteiger partial charge is 0.347 e. The van der Waals surface area contributed by atoms with E-state index in [0.29, 0.717) is 17.8 Å². The summed E-state index contributed by atoms with van der Waals surface area (Å²) >= 11 is 0. The van der Waals surface area contributed by atoms with Gasteiger partial charge in [-0.05, 0) is 42.0 Å². The summed E-state index contributed by atoms with van der Waals surface area (Å²) in [7, 11) is 1.75. The van der Waals surface area contributed by atoms with Gasteiger partial charge in [-0.3, -0.25) is 9.78 Å². The summed E-state index contributed by atoms with van der Waals surface area (Å²) in [4.78, 5) is 16.2. The average molecular weight is 283 g/mol. The lowest BCUT2D eigenvalue weighted by molar-refractivity contribution is 0.0943. The molecule has 0 saturated carbocycles. The second-order valence-corrected chi connectivity index (χ2v) is 4.83. The molecule has 0 saturated heterocycles. The predicted molar refractivity (Wildman–Crippen MR) is 78.3 cm³/mol. The number of halogens is 1. The minimum Gasteiger partial charge on any atom is -0.347 e. The van der Waals surface area contributed by atoms with Gasteiger partial charge in [0.2, 0.25) is 0 Å². The molecule has 1 N–H and O–H groups in total. The van der Waals surface area contributed by atoms with Crippen LogP contribution in [0, 0.1) is 5.82 Å². The number of nitrogens with one attached hydrogen (secondary N) is 1. The highest BCUT2D eigenvalue weighted by molar-refractivity contribution is 5.98. The molecule has 2 aromatic heterocycles. The van der Waals surface area contributed by atoms with Crippen molar-refractivity contribution < 1.29 is 9.18 Å². The zero-order valence-electron chi connectivity index (χ0n) is 11.5. The van der Waals surface area contributed by atoms with Gasteiger partial charge in [-0.25, -0.2) is 4.39 Å². The Hall–Kier alpha value is -2.69. The fraction of sp³-hybridized carbons (Fsp3) is 0.125. The van der Waals surface area contributed by atoms with Gasteiger partial charge in [0.05, 0.1) is 5.52 Å². The van der Waals surface area contributed by atoms with E-state index >= 15 is 0 Å². The Morgan fingerprint density at radius 3 is 2.76 bits per heavy atom. The minimum atomic E-state index is -0.313. The van der Waals surface area contributed by atoms with Crippen molar-refractivity contribution in [3.05, 3.63) is 65.9 Å². The number of carbonyl (C=O) groups excluding carboxylic acids is 1. The average Bonchev–Trinajstić information content (AvgIpc) is 2.83. The molecule has 1 amide bonds. The Balaban J connectivity index is 1.83. The van der Waals surface area contributed by atoms with Crippen LogP contribution in [-0.4, -0.2) is 15.5 Å². The first-order chi connectivity index (χ1) is 10.1. The summed E-state index contributed by atoms with van der Waals surface area (Å²) in [5.41, 5.74) is 2.18. The van der Waals surface area contributed by atoms with Crippen LogP contribution in [0.15, 0.2) is 48.8 Å². The van der Waals surface area contributed by atoms with Crippen LogP contribution in [0.25, 0.3) is 10.9 Å². The topological polar surface area (TPSA) is 46.9 Å². The van der Waals surface area contributed by atoms with Gasteiger partial charge in [-0.15, -0.1) is 0 Å². The number of nitrogens with zero attached hydrogens (tertiary/aromatic N) is 2. The molecule has 0 aliphatic rings. The molecule has 0 aliphatic carbocycles. The highest BCUT2D eigenvalue weighted by Crippen LogP contribution is 2.19. The Morgan fingerprint density at radius 1 is 1.24 bits per heavy atom. The number of benzene rings is 1. The predicted octanol–water partition coefficient (Wildman–Crippen LogP) is 2.64. The number of carbonyl (C=O) groups is 1.